The minimum Gasteiger partial charge on any atom is -0.361 e. The Labute approximate surface area is 170 Å². The van der Waals surface area contributed by atoms with Crippen molar-refractivity contribution in [2.24, 2.45) is 4.99 Å². The molecule has 1 atom stereocenters. The molecule has 2 heterocycles. The molecule has 134 valence electrons. The zero-order valence-electron chi connectivity index (χ0n) is 14.6. The first-order chi connectivity index (χ1) is 11.8. The summed E-state index contributed by atoms with van der Waals surface area (Å²) in [6.07, 6.45) is 3.06. The highest BCUT2D eigenvalue weighted by molar-refractivity contribution is 14.0. The van der Waals surface area contributed by atoms with Crippen LogP contribution in [-0.4, -0.2) is 31.1 Å². The van der Waals surface area contributed by atoms with Crippen LogP contribution >= 0.6 is 35.3 Å². The fourth-order valence-electron chi connectivity index (χ4n) is 2.80. The van der Waals surface area contributed by atoms with Gasteiger partial charge in [-0.2, -0.15) is 11.3 Å². The summed E-state index contributed by atoms with van der Waals surface area (Å²) in [5.74, 6) is 1.33. The number of hydrogen-bond acceptors (Lipinski definition) is 2. The molecule has 1 unspecified atom stereocenters. The molecule has 3 aromatic rings. The molecule has 0 bridgehead atoms. The van der Waals surface area contributed by atoms with E-state index in [0.29, 0.717) is 5.92 Å². The zero-order chi connectivity index (χ0) is 16.8. The zero-order valence-corrected chi connectivity index (χ0v) is 17.7. The molecule has 0 amide bonds. The Morgan fingerprint density at radius 1 is 1.24 bits per heavy atom. The lowest BCUT2D eigenvalue weighted by atomic mass is 10.1. The van der Waals surface area contributed by atoms with E-state index >= 15 is 0 Å². The van der Waals surface area contributed by atoms with Gasteiger partial charge < -0.3 is 15.6 Å². The van der Waals surface area contributed by atoms with E-state index in [1.54, 1.807) is 11.3 Å². The average molecular weight is 468 g/mol. The van der Waals surface area contributed by atoms with Crippen LogP contribution in [0, 0.1) is 0 Å². The molecule has 0 spiro atoms. The predicted octanol–water partition coefficient (Wildman–Crippen LogP) is 4.36. The number of hydrogen-bond donors (Lipinski definition) is 3. The molecule has 0 aliphatic heterocycles. The third kappa shape index (κ3) is 5.22. The molecule has 0 aliphatic rings. The van der Waals surface area contributed by atoms with Gasteiger partial charge in [0.25, 0.3) is 0 Å². The number of aliphatic imine (C=N–C) groups is 1. The Kier molecular flexibility index (Phi) is 7.77. The third-order valence-electron chi connectivity index (χ3n) is 4.27. The Morgan fingerprint density at radius 3 is 2.84 bits per heavy atom. The molecule has 3 N–H and O–H groups in total. The molecule has 0 radical (unpaired) electrons. The van der Waals surface area contributed by atoms with E-state index in [-0.39, 0.29) is 24.0 Å². The van der Waals surface area contributed by atoms with Crippen LogP contribution in [-0.2, 0) is 6.42 Å². The summed E-state index contributed by atoms with van der Waals surface area (Å²) in [6, 6.07) is 10.6. The minimum absolute atomic E-state index is 0. The van der Waals surface area contributed by atoms with Gasteiger partial charge in [-0.1, -0.05) is 25.1 Å². The number of para-hydroxylation sites is 1. The second-order valence-corrected chi connectivity index (χ2v) is 6.73. The number of guanidine groups is 1. The van der Waals surface area contributed by atoms with Gasteiger partial charge in [0.2, 0.25) is 0 Å². The molecule has 4 nitrogen and oxygen atoms in total. The molecule has 0 fully saturated rings. The number of aromatic nitrogens is 1. The number of nitrogens with one attached hydrogen (secondary N) is 3. The minimum atomic E-state index is 0. The van der Waals surface area contributed by atoms with Gasteiger partial charge in [0.05, 0.1) is 0 Å². The number of halogens is 1. The lowest BCUT2D eigenvalue weighted by Crippen LogP contribution is -2.39. The predicted molar refractivity (Wildman–Crippen MR) is 120 cm³/mol. The molecule has 0 aliphatic carbocycles. The lowest BCUT2D eigenvalue weighted by Gasteiger charge is -2.15. The summed E-state index contributed by atoms with van der Waals surface area (Å²) >= 11 is 1.74. The standard InChI is InChI=1S/C19H24N4S.HI/c1-14(16-8-10-24-13-16)11-23-19(20-2)21-9-7-15-12-22-18-6-4-3-5-17(15)18;/h3-6,8,10,12-14,22H,7,9,11H2,1-2H3,(H2,20,21,23);1H. The van der Waals surface area contributed by atoms with Gasteiger partial charge in [-0.25, -0.2) is 0 Å². The molecule has 25 heavy (non-hydrogen) atoms. The smallest absolute Gasteiger partial charge is 0.191 e. The molecular formula is C19H25IN4S. The fraction of sp³-hybridized carbons (Fsp3) is 0.316. The largest absolute Gasteiger partial charge is 0.361 e. The van der Waals surface area contributed by atoms with E-state index in [9.17, 15) is 0 Å². The summed E-state index contributed by atoms with van der Waals surface area (Å²) in [7, 11) is 1.82. The maximum Gasteiger partial charge on any atom is 0.191 e. The number of nitrogens with zero attached hydrogens (tertiary/aromatic N) is 1. The van der Waals surface area contributed by atoms with Gasteiger partial charge in [-0.3, -0.25) is 4.99 Å². The third-order valence-corrected chi connectivity index (χ3v) is 4.97. The number of benzene rings is 1. The van der Waals surface area contributed by atoms with Crippen LogP contribution in [0.3, 0.4) is 0 Å². The van der Waals surface area contributed by atoms with Gasteiger partial charge in [0.15, 0.2) is 5.96 Å². The van der Waals surface area contributed by atoms with Crippen molar-refractivity contribution in [1.29, 1.82) is 0 Å². The molecular weight excluding hydrogens is 443 g/mol. The normalized spacial score (nSPS) is 12.6. The first-order valence-corrected chi connectivity index (χ1v) is 9.24. The van der Waals surface area contributed by atoms with E-state index in [2.05, 4.69) is 74.8 Å². The van der Waals surface area contributed by atoms with Crippen molar-refractivity contribution in [2.75, 3.05) is 20.1 Å². The Balaban J connectivity index is 0.00000225. The average Bonchev–Trinajstić information content (AvgIpc) is 3.28. The Morgan fingerprint density at radius 2 is 2.08 bits per heavy atom. The molecule has 1 aromatic carbocycles. The van der Waals surface area contributed by atoms with Crippen molar-refractivity contribution in [3.8, 4) is 0 Å². The van der Waals surface area contributed by atoms with Crippen LogP contribution < -0.4 is 10.6 Å². The van der Waals surface area contributed by atoms with Crippen LogP contribution in [0.1, 0.15) is 24.0 Å². The number of rotatable bonds is 6. The van der Waals surface area contributed by atoms with Crippen LogP contribution in [0.15, 0.2) is 52.3 Å². The first-order valence-electron chi connectivity index (χ1n) is 8.29. The Bertz CT molecular complexity index is 795. The van der Waals surface area contributed by atoms with Crippen LogP contribution in [0.4, 0.5) is 0 Å². The molecule has 2 aromatic heterocycles. The van der Waals surface area contributed by atoms with Crippen molar-refractivity contribution in [3.63, 3.8) is 0 Å². The fourth-order valence-corrected chi connectivity index (χ4v) is 3.58. The second-order valence-electron chi connectivity index (χ2n) is 5.95. The second kappa shape index (κ2) is 9.82. The van der Waals surface area contributed by atoms with Crippen molar-refractivity contribution < 1.29 is 0 Å². The Hall–Kier alpha value is -1.54. The van der Waals surface area contributed by atoms with Crippen molar-refractivity contribution in [3.05, 3.63) is 58.4 Å². The van der Waals surface area contributed by atoms with Gasteiger partial charge in [-0.15, -0.1) is 24.0 Å². The molecule has 0 saturated heterocycles. The van der Waals surface area contributed by atoms with Gasteiger partial charge in [-0.05, 0) is 46.4 Å². The highest BCUT2D eigenvalue weighted by atomic mass is 127. The van der Waals surface area contributed by atoms with E-state index in [4.69, 9.17) is 0 Å². The number of thiophene rings is 1. The molecule has 0 saturated carbocycles. The monoisotopic (exact) mass is 468 g/mol. The number of H-pyrrole nitrogens is 1. The summed E-state index contributed by atoms with van der Waals surface area (Å²) in [4.78, 5) is 7.64. The van der Waals surface area contributed by atoms with Gasteiger partial charge >= 0.3 is 0 Å². The lowest BCUT2D eigenvalue weighted by molar-refractivity contribution is 0.700. The van der Waals surface area contributed by atoms with Gasteiger partial charge in [0.1, 0.15) is 0 Å². The van der Waals surface area contributed by atoms with Crippen molar-refractivity contribution >= 4 is 52.2 Å². The SMILES string of the molecule is CN=C(NCCc1c[nH]c2ccccc12)NCC(C)c1ccsc1.I. The maximum atomic E-state index is 4.31. The van der Waals surface area contributed by atoms with Crippen LogP contribution in [0.2, 0.25) is 0 Å². The summed E-state index contributed by atoms with van der Waals surface area (Å²) in [6.45, 7) is 3.96. The van der Waals surface area contributed by atoms with Crippen LogP contribution in [0.5, 0.6) is 0 Å². The van der Waals surface area contributed by atoms with Gasteiger partial charge in [0, 0.05) is 37.2 Å². The van der Waals surface area contributed by atoms with Crippen molar-refractivity contribution in [2.45, 2.75) is 19.3 Å². The van der Waals surface area contributed by atoms with Crippen LogP contribution in [0.25, 0.3) is 10.9 Å². The topological polar surface area (TPSA) is 52.2 Å². The summed E-state index contributed by atoms with van der Waals surface area (Å²) in [5, 5.41) is 12.4. The first kappa shape index (κ1) is 19.8. The van der Waals surface area contributed by atoms with Crippen molar-refractivity contribution in [1.82, 2.24) is 15.6 Å². The highest BCUT2D eigenvalue weighted by Gasteiger charge is 2.07. The number of fused-ring (bicyclic) bond motifs is 1. The van der Waals surface area contributed by atoms with E-state index in [1.165, 1.54) is 22.0 Å². The maximum absolute atomic E-state index is 4.31. The van der Waals surface area contributed by atoms with E-state index < -0.39 is 0 Å². The number of aromatic amines is 1. The van der Waals surface area contributed by atoms with E-state index in [1.807, 2.05) is 7.05 Å². The quantitative estimate of drug-likeness (QED) is 0.286. The molecule has 6 heteroatoms. The summed E-state index contributed by atoms with van der Waals surface area (Å²) < 4.78 is 0. The highest BCUT2D eigenvalue weighted by Crippen LogP contribution is 2.18. The van der Waals surface area contributed by atoms with E-state index in [0.717, 1.165) is 25.5 Å². The molecule has 3 rings (SSSR count). The summed E-state index contributed by atoms with van der Waals surface area (Å²) in [5.41, 5.74) is 3.90.